The fourth-order valence-corrected chi connectivity index (χ4v) is 3.99. The van der Waals surface area contributed by atoms with Crippen LogP contribution in [0.3, 0.4) is 0 Å². The molecule has 1 aromatic rings. The van der Waals surface area contributed by atoms with Crippen LogP contribution in [-0.2, 0) is 4.75 Å². The first-order valence-electron chi connectivity index (χ1n) is 4.68. The number of benzene rings is 1. The summed E-state index contributed by atoms with van der Waals surface area (Å²) >= 11 is 2.07. The minimum atomic E-state index is 0.270. The molecular formula is C12H12S. The van der Waals surface area contributed by atoms with Gasteiger partial charge in [0.05, 0.1) is 4.75 Å². The Morgan fingerprint density at radius 1 is 1.38 bits per heavy atom. The van der Waals surface area contributed by atoms with Gasteiger partial charge in [0.25, 0.3) is 0 Å². The van der Waals surface area contributed by atoms with Gasteiger partial charge in [0.2, 0.25) is 0 Å². The summed E-state index contributed by atoms with van der Waals surface area (Å²) in [7, 11) is 0. The van der Waals surface area contributed by atoms with Gasteiger partial charge in [0, 0.05) is 5.25 Å². The molecule has 0 radical (unpaired) electrons. The molecule has 1 heteroatoms. The summed E-state index contributed by atoms with van der Waals surface area (Å²) in [5.74, 6) is 0. The highest BCUT2D eigenvalue weighted by molar-refractivity contribution is 8.01. The maximum Gasteiger partial charge on any atom is 0.0572 e. The van der Waals surface area contributed by atoms with Crippen LogP contribution in [0.4, 0.5) is 0 Å². The Balaban J connectivity index is 2.33. The van der Waals surface area contributed by atoms with E-state index in [1.165, 1.54) is 11.1 Å². The normalized spacial score (nSPS) is 33.8. The fraction of sp³-hybridized carbons (Fsp3) is 0.333. The van der Waals surface area contributed by atoms with Crippen molar-refractivity contribution in [2.75, 3.05) is 0 Å². The van der Waals surface area contributed by atoms with Gasteiger partial charge in [0.1, 0.15) is 0 Å². The molecule has 13 heavy (non-hydrogen) atoms. The second-order valence-corrected chi connectivity index (χ2v) is 5.63. The Hall–Kier alpha value is -0.690. The molecule has 66 valence electrons. The molecule has 0 spiro atoms. The van der Waals surface area contributed by atoms with Gasteiger partial charge in [-0.2, -0.15) is 0 Å². The van der Waals surface area contributed by atoms with Gasteiger partial charge in [-0.05, 0) is 30.5 Å². The van der Waals surface area contributed by atoms with E-state index in [4.69, 9.17) is 0 Å². The van der Waals surface area contributed by atoms with E-state index in [0.29, 0.717) is 5.25 Å². The number of hydrogen-bond acceptors (Lipinski definition) is 1. The Kier molecular flexibility index (Phi) is 1.31. The van der Waals surface area contributed by atoms with Crippen molar-refractivity contribution in [3.05, 3.63) is 47.0 Å². The molecule has 0 N–H and O–H groups in total. The van der Waals surface area contributed by atoms with E-state index < -0.39 is 0 Å². The van der Waals surface area contributed by atoms with Crippen LogP contribution in [0.25, 0.3) is 0 Å². The standard InChI is InChI=1S/C12H12S/c1-8-4-3-5-9-11(8)10-6-7-12(9,2)13-10/h3-7,10H,1-2H3/t10-,12+/m1/s1. The highest BCUT2D eigenvalue weighted by Gasteiger charge is 2.43. The van der Waals surface area contributed by atoms with Crippen molar-refractivity contribution in [3.8, 4) is 0 Å². The maximum atomic E-state index is 2.35. The van der Waals surface area contributed by atoms with Crippen molar-refractivity contribution in [1.29, 1.82) is 0 Å². The Bertz CT molecular complexity index is 406. The van der Waals surface area contributed by atoms with Crippen molar-refractivity contribution in [2.45, 2.75) is 23.8 Å². The molecule has 0 aliphatic carbocycles. The minimum Gasteiger partial charge on any atom is -0.134 e. The van der Waals surface area contributed by atoms with Gasteiger partial charge in [-0.15, -0.1) is 11.8 Å². The Labute approximate surface area is 83.0 Å². The quantitative estimate of drug-likeness (QED) is 0.561. The maximum absolute atomic E-state index is 2.35. The third kappa shape index (κ3) is 0.833. The molecule has 1 aromatic carbocycles. The molecule has 0 fully saturated rings. The Morgan fingerprint density at radius 2 is 2.23 bits per heavy atom. The first kappa shape index (κ1) is 7.69. The predicted molar refractivity (Wildman–Crippen MR) is 58.0 cm³/mol. The lowest BCUT2D eigenvalue weighted by atomic mass is 9.87. The lowest BCUT2D eigenvalue weighted by molar-refractivity contribution is 0.876. The summed E-state index contributed by atoms with van der Waals surface area (Å²) in [4.78, 5) is 0. The molecule has 0 saturated carbocycles. The minimum absolute atomic E-state index is 0.270. The molecule has 2 atom stereocenters. The summed E-state index contributed by atoms with van der Waals surface area (Å²) in [6.45, 7) is 4.54. The second-order valence-electron chi connectivity index (χ2n) is 4.04. The van der Waals surface area contributed by atoms with Crippen LogP contribution in [0.2, 0.25) is 0 Å². The van der Waals surface area contributed by atoms with Crippen LogP contribution in [0, 0.1) is 6.92 Å². The van der Waals surface area contributed by atoms with Gasteiger partial charge in [-0.25, -0.2) is 0 Å². The topological polar surface area (TPSA) is 0 Å². The average molecular weight is 188 g/mol. The van der Waals surface area contributed by atoms with E-state index in [-0.39, 0.29) is 4.75 Å². The third-order valence-corrected chi connectivity index (χ3v) is 4.60. The van der Waals surface area contributed by atoms with E-state index in [2.05, 4.69) is 56.0 Å². The number of fused-ring (bicyclic) bond motifs is 5. The lowest BCUT2D eigenvalue weighted by Gasteiger charge is -2.19. The summed E-state index contributed by atoms with van der Waals surface area (Å²) in [5.41, 5.74) is 4.55. The average Bonchev–Trinajstić information content (AvgIpc) is 2.59. The van der Waals surface area contributed by atoms with Gasteiger partial charge >= 0.3 is 0 Å². The van der Waals surface area contributed by atoms with Crippen LogP contribution in [0.1, 0.15) is 28.9 Å². The van der Waals surface area contributed by atoms with Crippen molar-refractivity contribution < 1.29 is 0 Å². The Morgan fingerprint density at radius 3 is 3.00 bits per heavy atom. The van der Waals surface area contributed by atoms with E-state index in [1.54, 1.807) is 5.56 Å². The monoisotopic (exact) mass is 188 g/mol. The van der Waals surface area contributed by atoms with Crippen LogP contribution in [0.5, 0.6) is 0 Å². The number of thioether (sulfide) groups is 1. The summed E-state index contributed by atoms with van der Waals surface area (Å²) in [5, 5.41) is 0.626. The zero-order valence-electron chi connectivity index (χ0n) is 7.87. The summed E-state index contributed by atoms with van der Waals surface area (Å²) in [6.07, 6.45) is 4.70. The molecule has 0 unspecified atom stereocenters. The number of hydrogen-bond donors (Lipinski definition) is 0. The molecule has 0 aromatic heterocycles. The molecule has 2 bridgehead atoms. The predicted octanol–water partition coefficient (Wildman–Crippen LogP) is 3.57. The second kappa shape index (κ2) is 2.21. The van der Waals surface area contributed by atoms with E-state index in [1.807, 2.05) is 0 Å². The first-order chi connectivity index (χ1) is 6.21. The van der Waals surface area contributed by atoms with Gasteiger partial charge in [-0.3, -0.25) is 0 Å². The molecule has 0 amide bonds. The van der Waals surface area contributed by atoms with Gasteiger partial charge < -0.3 is 0 Å². The van der Waals surface area contributed by atoms with Crippen LogP contribution < -0.4 is 0 Å². The smallest absolute Gasteiger partial charge is 0.0572 e. The van der Waals surface area contributed by atoms with Crippen molar-refractivity contribution in [1.82, 2.24) is 0 Å². The molecular weight excluding hydrogens is 176 g/mol. The molecule has 0 nitrogen and oxygen atoms in total. The van der Waals surface area contributed by atoms with Crippen molar-refractivity contribution in [2.24, 2.45) is 0 Å². The van der Waals surface area contributed by atoms with Crippen molar-refractivity contribution >= 4 is 11.8 Å². The highest BCUT2D eigenvalue weighted by Crippen LogP contribution is 2.61. The van der Waals surface area contributed by atoms with E-state index in [9.17, 15) is 0 Å². The van der Waals surface area contributed by atoms with E-state index >= 15 is 0 Å². The first-order valence-corrected chi connectivity index (χ1v) is 5.56. The SMILES string of the molecule is Cc1cccc2c1[C@H]1C=C[C@]2(C)S1. The number of rotatable bonds is 0. The van der Waals surface area contributed by atoms with Crippen LogP contribution in [-0.4, -0.2) is 0 Å². The van der Waals surface area contributed by atoms with E-state index in [0.717, 1.165) is 0 Å². The van der Waals surface area contributed by atoms with Crippen LogP contribution in [0.15, 0.2) is 30.4 Å². The molecule has 2 aliphatic rings. The summed E-state index contributed by atoms with van der Waals surface area (Å²) < 4.78 is 0.270. The number of aryl methyl sites for hydroxylation is 1. The van der Waals surface area contributed by atoms with Gasteiger partial charge in [0.15, 0.2) is 0 Å². The molecule has 3 rings (SSSR count). The molecule has 0 saturated heterocycles. The molecule has 2 heterocycles. The molecule has 2 aliphatic heterocycles. The van der Waals surface area contributed by atoms with Crippen LogP contribution >= 0.6 is 11.8 Å². The van der Waals surface area contributed by atoms with Crippen molar-refractivity contribution in [3.63, 3.8) is 0 Å². The summed E-state index contributed by atoms with van der Waals surface area (Å²) in [6, 6.07) is 6.67. The zero-order chi connectivity index (χ0) is 9.05. The zero-order valence-corrected chi connectivity index (χ0v) is 8.69. The third-order valence-electron chi connectivity index (χ3n) is 3.10. The highest BCUT2D eigenvalue weighted by atomic mass is 32.2. The lowest BCUT2D eigenvalue weighted by Crippen LogP contribution is -2.10. The van der Waals surface area contributed by atoms with Gasteiger partial charge in [-0.1, -0.05) is 30.4 Å². The largest absolute Gasteiger partial charge is 0.134 e. The fourth-order valence-electron chi connectivity index (χ4n) is 2.41.